The van der Waals surface area contributed by atoms with Crippen molar-refractivity contribution in [2.45, 2.75) is 53.1 Å². The van der Waals surface area contributed by atoms with Crippen LogP contribution in [0.1, 0.15) is 51.7 Å². The van der Waals surface area contributed by atoms with Crippen molar-refractivity contribution in [3.05, 3.63) is 29.3 Å². The molecule has 2 nitrogen and oxygen atoms in total. The number of benzene rings is 1. The van der Waals surface area contributed by atoms with Gasteiger partial charge in [-0.3, -0.25) is 0 Å². The third-order valence-electron chi connectivity index (χ3n) is 2.24. The average Bonchev–Trinajstić information content (AvgIpc) is 2.12. The van der Waals surface area contributed by atoms with E-state index in [4.69, 9.17) is 9.78 Å². The van der Waals surface area contributed by atoms with E-state index >= 15 is 0 Å². The first-order valence-electron chi connectivity index (χ1n) is 5.76. The largest absolute Gasteiger partial charge is 0.337 e. The minimum Gasteiger partial charge on any atom is -0.337 e. The minimum absolute atomic E-state index is 0.294. The second-order valence-electron chi connectivity index (χ2n) is 5.42. The molecule has 90 valence electrons. The average molecular weight is 222 g/mol. The van der Waals surface area contributed by atoms with Gasteiger partial charge in [0.1, 0.15) is 5.60 Å². The first-order valence-corrected chi connectivity index (χ1v) is 5.76. The lowest BCUT2D eigenvalue weighted by Crippen LogP contribution is -2.21. The fourth-order valence-electron chi connectivity index (χ4n) is 1.64. The molecule has 0 aliphatic carbocycles. The first-order chi connectivity index (χ1) is 7.31. The molecule has 0 atom stereocenters. The Morgan fingerprint density at radius 2 is 1.75 bits per heavy atom. The summed E-state index contributed by atoms with van der Waals surface area (Å²) in [6.45, 7) is 12.3. The van der Waals surface area contributed by atoms with E-state index < -0.39 is 0 Å². The smallest absolute Gasteiger partial charge is 0.169 e. The van der Waals surface area contributed by atoms with Crippen LogP contribution in [-0.2, 0) is 4.89 Å². The highest BCUT2D eigenvalue weighted by Crippen LogP contribution is 2.30. The van der Waals surface area contributed by atoms with Crippen LogP contribution in [-0.4, -0.2) is 5.60 Å². The molecule has 1 aromatic carbocycles. The Balaban J connectivity index is 2.91. The van der Waals surface area contributed by atoms with Gasteiger partial charge in [0, 0.05) is 5.56 Å². The Kier molecular flexibility index (Phi) is 3.98. The van der Waals surface area contributed by atoms with Crippen molar-refractivity contribution < 1.29 is 9.78 Å². The van der Waals surface area contributed by atoms with Crippen LogP contribution in [0.25, 0.3) is 0 Å². The van der Waals surface area contributed by atoms with Crippen LogP contribution in [0, 0.1) is 6.92 Å². The second-order valence-corrected chi connectivity index (χ2v) is 5.42. The van der Waals surface area contributed by atoms with E-state index in [-0.39, 0.29) is 5.60 Å². The van der Waals surface area contributed by atoms with E-state index in [0.717, 1.165) is 5.75 Å². The SMILES string of the molecule is Cc1cccc(OOC(C)(C)C)c1C(C)C. The van der Waals surface area contributed by atoms with Crippen molar-refractivity contribution in [3.63, 3.8) is 0 Å². The molecular formula is C14H22O2. The first kappa shape index (κ1) is 13.0. The third kappa shape index (κ3) is 3.53. The number of hydrogen-bond acceptors (Lipinski definition) is 2. The summed E-state index contributed by atoms with van der Waals surface area (Å²) in [6.07, 6.45) is 0. The molecule has 0 unspecified atom stereocenters. The monoisotopic (exact) mass is 222 g/mol. The quantitative estimate of drug-likeness (QED) is 0.563. The van der Waals surface area contributed by atoms with Gasteiger partial charge in [0.15, 0.2) is 5.75 Å². The Morgan fingerprint density at radius 1 is 1.12 bits per heavy atom. The lowest BCUT2D eigenvalue weighted by atomic mass is 9.97. The van der Waals surface area contributed by atoms with Crippen molar-refractivity contribution in [3.8, 4) is 5.75 Å². The highest BCUT2D eigenvalue weighted by molar-refractivity contribution is 5.41. The molecule has 2 heteroatoms. The molecule has 0 aliphatic rings. The predicted molar refractivity (Wildman–Crippen MR) is 66.7 cm³/mol. The number of hydrogen-bond donors (Lipinski definition) is 0. The van der Waals surface area contributed by atoms with Crippen LogP contribution < -0.4 is 4.89 Å². The molecule has 0 saturated carbocycles. The van der Waals surface area contributed by atoms with Gasteiger partial charge in [0.05, 0.1) is 0 Å². The zero-order chi connectivity index (χ0) is 12.3. The molecule has 0 saturated heterocycles. The zero-order valence-corrected chi connectivity index (χ0v) is 11.1. The fraction of sp³-hybridized carbons (Fsp3) is 0.571. The van der Waals surface area contributed by atoms with Gasteiger partial charge in [-0.1, -0.05) is 26.0 Å². The molecule has 0 amide bonds. The molecule has 0 N–H and O–H groups in total. The van der Waals surface area contributed by atoms with Gasteiger partial charge in [0.2, 0.25) is 0 Å². The normalized spacial score (nSPS) is 11.9. The fourth-order valence-corrected chi connectivity index (χ4v) is 1.64. The van der Waals surface area contributed by atoms with Crippen LogP contribution in [0.15, 0.2) is 18.2 Å². The summed E-state index contributed by atoms with van der Waals surface area (Å²) in [5, 5.41) is 0. The molecule has 0 bridgehead atoms. The van der Waals surface area contributed by atoms with Crippen LogP contribution in [0.2, 0.25) is 0 Å². The van der Waals surface area contributed by atoms with Crippen molar-refractivity contribution in [2.24, 2.45) is 0 Å². The molecule has 0 aliphatic heterocycles. The summed E-state index contributed by atoms with van der Waals surface area (Å²) < 4.78 is 0. The lowest BCUT2D eigenvalue weighted by molar-refractivity contribution is -0.275. The van der Waals surface area contributed by atoms with Gasteiger partial charge in [0.25, 0.3) is 0 Å². The highest BCUT2D eigenvalue weighted by Gasteiger charge is 2.16. The Bertz CT molecular complexity index is 348. The molecule has 0 aromatic heterocycles. The van der Waals surface area contributed by atoms with Gasteiger partial charge in [-0.05, 0) is 45.2 Å². The standard InChI is InChI=1S/C14H22O2/c1-10(2)13-11(3)8-7-9-12(13)15-16-14(4,5)6/h7-10H,1-6H3. The number of aryl methyl sites for hydroxylation is 1. The Labute approximate surface area is 98.5 Å². The highest BCUT2D eigenvalue weighted by atomic mass is 17.2. The Hall–Kier alpha value is -1.02. The minimum atomic E-state index is -0.294. The summed E-state index contributed by atoms with van der Waals surface area (Å²) in [4.78, 5) is 10.8. The van der Waals surface area contributed by atoms with E-state index in [0.29, 0.717) is 5.92 Å². The molecule has 0 heterocycles. The second kappa shape index (κ2) is 4.88. The molecule has 1 rings (SSSR count). The Morgan fingerprint density at radius 3 is 2.25 bits per heavy atom. The van der Waals surface area contributed by atoms with E-state index in [9.17, 15) is 0 Å². The maximum atomic E-state index is 5.44. The summed E-state index contributed by atoms with van der Waals surface area (Å²) in [5.74, 6) is 1.25. The third-order valence-corrected chi connectivity index (χ3v) is 2.24. The maximum absolute atomic E-state index is 5.44. The zero-order valence-electron chi connectivity index (χ0n) is 11.1. The van der Waals surface area contributed by atoms with Crippen LogP contribution in [0.5, 0.6) is 5.75 Å². The van der Waals surface area contributed by atoms with Crippen molar-refractivity contribution >= 4 is 0 Å². The molecule has 16 heavy (non-hydrogen) atoms. The molecule has 1 aromatic rings. The molecule has 0 spiro atoms. The topological polar surface area (TPSA) is 18.5 Å². The summed E-state index contributed by atoms with van der Waals surface area (Å²) in [5.41, 5.74) is 2.16. The van der Waals surface area contributed by atoms with Crippen molar-refractivity contribution in [1.82, 2.24) is 0 Å². The van der Waals surface area contributed by atoms with Crippen LogP contribution in [0.4, 0.5) is 0 Å². The van der Waals surface area contributed by atoms with Gasteiger partial charge in [-0.2, -0.15) is 4.89 Å². The van der Waals surface area contributed by atoms with Crippen molar-refractivity contribution in [1.29, 1.82) is 0 Å². The summed E-state index contributed by atoms with van der Waals surface area (Å²) in [6, 6.07) is 6.04. The summed E-state index contributed by atoms with van der Waals surface area (Å²) >= 11 is 0. The maximum Gasteiger partial charge on any atom is 0.169 e. The molecular weight excluding hydrogens is 200 g/mol. The van der Waals surface area contributed by atoms with Gasteiger partial charge in [-0.15, -0.1) is 0 Å². The molecule has 0 fully saturated rings. The van der Waals surface area contributed by atoms with E-state index in [1.165, 1.54) is 11.1 Å². The van der Waals surface area contributed by atoms with Gasteiger partial charge in [-0.25, -0.2) is 0 Å². The lowest BCUT2D eigenvalue weighted by Gasteiger charge is -2.21. The van der Waals surface area contributed by atoms with Gasteiger partial charge >= 0.3 is 0 Å². The van der Waals surface area contributed by atoms with Crippen LogP contribution in [0.3, 0.4) is 0 Å². The van der Waals surface area contributed by atoms with E-state index in [2.05, 4.69) is 26.8 Å². The molecule has 0 radical (unpaired) electrons. The number of rotatable bonds is 3. The van der Waals surface area contributed by atoms with Crippen molar-refractivity contribution in [2.75, 3.05) is 0 Å². The van der Waals surface area contributed by atoms with E-state index in [1.54, 1.807) is 0 Å². The van der Waals surface area contributed by atoms with Crippen LogP contribution >= 0.6 is 0 Å². The predicted octanol–water partition coefficient (Wildman–Crippen LogP) is 4.23. The van der Waals surface area contributed by atoms with E-state index in [1.807, 2.05) is 32.9 Å². The summed E-state index contributed by atoms with van der Waals surface area (Å²) in [7, 11) is 0. The van der Waals surface area contributed by atoms with Gasteiger partial charge < -0.3 is 4.89 Å².